The Morgan fingerprint density at radius 1 is 1.39 bits per heavy atom. The molecular formula is C14H18N2O2. The van der Waals surface area contributed by atoms with Crippen LogP contribution in [0.5, 0.6) is 0 Å². The monoisotopic (exact) mass is 246 g/mol. The number of hydrogen-bond acceptors (Lipinski definition) is 3. The lowest BCUT2D eigenvalue weighted by Gasteiger charge is -2.30. The van der Waals surface area contributed by atoms with Gasteiger partial charge in [-0.3, -0.25) is 4.79 Å². The first-order valence-corrected chi connectivity index (χ1v) is 6.07. The number of anilines is 1. The molecule has 1 aromatic rings. The third kappa shape index (κ3) is 3.11. The summed E-state index contributed by atoms with van der Waals surface area (Å²) in [6.45, 7) is 5.49. The molecule has 0 spiro atoms. The van der Waals surface area contributed by atoms with Gasteiger partial charge in [-0.25, -0.2) is 0 Å². The van der Waals surface area contributed by atoms with E-state index in [2.05, 4.69) is 24.0 Å². The Hall–Kier alpha value is -1.81. The van der Waals surface area contributed by atoms with Crippen molar-refractivity contribution in [2.45, 2.75) is 6.92 Å². The van der Waals surface area contributed by atoms with Gasteiger partial charge in [0.1, 0.15) is 0 Å². The van der Waals surface area contributed by atoms with E-state index in [0.717, 1.165) is 31.9 Å². The molecule has 2 N–H and O–H groups in total. The topological polar surface area (TPSA) is 55.6 Å². The second-order valence-electron chi connectivity index (χ2n) is 4.38. The molecule has 0 aliphatic carbocycles. The van der Waals surface area contributed by atoms with E-state index >= 15 is 0 Å². The number of rotatable bonds is 3. The van der Waals surface area contributed by atoms with Crippen LogP contribution in [-0.4, -0.2) is 32.2 Å². The molecule has 1 aliphatic heterocycles. The number of carbonyl (C=O) groups excluding carboxylic acids is 1. The Bertz CT molecular complexity index is 463. The van der Waals surface area contributed by atoms with Crippen LogP contribution in [0.1, 0.15) is 11.1 Å². The Labute approximate surface area is 107 Å². The molecule has 4 heteroatoms. The van der Waals surface area contributed by atoms with E-state index in [1.807, 2.05) is 6.07 Å². The van der Waals surface area contributed by atoms with Gasteiger partial charge in [0.2, 0.25) is 5.91 Å². The maximum Gasteiger partial charge on any atom is 0.241 e. The van der Waals surface area contributed by atoms with Crippen molar-refractivity contribution in [2.75, 3.05) is 31.2 Å². The fourth-order valence-corrected chi connectivity index (χ4v) is 2.12. The molecule has 0 saturated carbocycles. The molecule has 2 rings (SSSR count). The van der Waals surface area contributed by atoms with Crippen LogP contribution in [0.25, 0.3) is 6.08 Å². The van der Waals surface area contributed by atoms with E-state index in [1.165, 1.54) is 17.3 Å². The van der Waals surface area contributed by atoms with Crippen molar-refractivity contribution in [3.63, 3.8) is 0 Å². The van der Waals surface area contributed by atoms with E-state index in [1.54, 1.807) is 6.08 Å². The molecule has 1 aliphatic rings. The van der Waals surface area contributed by atoms with Gasteiger partial charge in [-0.15, -0.1) is 0 Å². The summed E-state index contributed by atoms with van der Waals surface area (Å²) in [5.74, 6) is -0.426. The highest BCUT2D eigenvalue weighted by atomic mass is 16.5. The molecule has 1 fully saturated rings. The summed E-state index contributed by atoms with van der Waals surface area (Å²) < 4.78 is 5.35. The van der Waals surface area contributed by atoms with Crippen molar-refractivity contribution in [3.05, 3.63) is 35.4 Å². The number of ether oxygens (including phenoxy) is 1. The largest absolute Gasteiger partial charge is 0.378 e. The standard InChI is InChI=1S/C14H18N2O2/c1-11-10-12(3-5-14(15)17)2-4-13(11)16-6-8-18-9-7-16/h2-5,10H,6-9H2,1H3,(H2,15,17). The van der Waals surface area contributed by atoms with Crippen molar-refractivity contribution in [1.29, 1.82) is 0 Å². The van der Waals surface area contributed by atoms with Gasteiger partial charge in [0.15, 0.2) is 0 Å². The van der Waals surface area contributed by atoms with Gasteiger partial charge >= 0.3 is 0 Å². The Kier molecular flexibility index (Phi) is 3.99. The van der Waals surface area contributed by atoms with Gasteiger partial charge < -0.3 is 15.4 Å². The fourth-order valence-electron chi connectivity index (χ4n) is 2.12. The molecule has 0 bridgehead atoms. The number of primary amides is 1. The zero-order chi connectivity index (χ0) is 13.0. The predicted octanol–water partition coefficient (Wildman–Crippen LogP) is 1.33. The third-order valence-corrected chi connectivity index (χ3v) is 3.01. The third-order valence-electron chi connectivity index (χ3n) is 3.01. The Morgan fingerprint density at radius 2 is 2.11 bits per heavy atom. The van der Waals surface area contributed by atoms with Gasteiger partial charge in [0.05, 0.1) is 13.2 Å². The molecule has 1 aromatic carbocycles. The lowest BCUT2D eigenvalue weighted by Crippen LogP contribution is -2.36. The second-order valence-corrected chi connectivity index (χ2v) is 4.38. The van der Waals surface area contributed by atoms with E-state index in [-0.39, 0.29) is 0 Å². The average Bonchev–Trinajstić information content (AvgIpc) is 2.37. The van der Waals surface area contributed by atoms with Crippen LogP contribution in [0.4, 0.5) is 5.69 Å². The molecule has 0 aromatic heterocycles. The summed E-state index contributed by atoms with van der Waals surface area (Å²) in [6, 6.07) is 6.14. The zero-order valence-electron chi connectivity index (χ0n) is 10.6. The lowest BCUT2D eigenvalue weighted by atomic mass is 10.1. The number of benzene rings is 1. The van der Waals surface area contributed by atoms with Gasteiger partial charge in [0, 0.05) is 24.9 Å². The van der Waals surface area contributed by atoms with Crippen LogP contribution < -0.4 is 10.6 Å². The number of nitrogens with two attached hydrogens (primary N) is 1. The zero-order valence-corrected chi connectivity index (χ0v) is 10.6. The highest BCUT2D eigenvalue weighted by Crippen LogP contribution is 2.22. The van der Waals surface area contributed by atoms with E-state index in [0.29, 0.717) is 0 Å². The minimum atomic E-state index is -0.426. The van der Waals surface area contributed by atoms with E-state index in [9.17, 15) is 4.79 Å². The quantitative estimate of drug-likeness (QED) is 0.819. The molecule has 0 unspecified atom stereocenters. The van der Waals surface area contributed by atoms with E-state index in [4.69, 9.17) is 10.5 Å². The number of amides is 1. The van der Waals surface area contributed by atoms with Crippen molar-refractivity contribution < 1.29 is 9.53 Å². The van der Waals surface area contributed by atoms with Crippen molar-refractivity contribution in [2.24, 2.45) is 5.73 Å². The molecule has 4 nitrogen and oxygen atoms in total. The smallest absolute Gasteiger partial charge is 0.241 e. The average molecular weight is 246 g/mol. The lowest BCUT2D eigenvalue weighted by molar-refractivity contribution is -0.113. The summed E-state index contributed by atoms with van der Waals surface area (Å²) in [7, 11) is 0. The summed E-state index contributed by atoms with van der Waals surface area (Å²) in [5.41, 5.74) is 8.50. The van der Waals surface area contributed by atoms with Crippen molar-refractivity contribution in [1.82, 2.24) is 0 Å². The normalized spacial score (nSPS) is 16.2. The molecule has 0 atom stereocenters. The summed E-state index contributed by atoms with van der Waals surface area (Å²) in [4.78, 5) is 13.0. The molecule has 1 saturated heterocycles. The van der Waals surface area contributed by atoms with Crippen LogP contribution in [0, 0.1) is 6.92 Å². The fraction of sp³-hybridized carbons (Fsp3) is 0.357. The van der Waals surface area contributed by atoms with Gasteiger partial charge in [-0.1, -0.05) is 6.07 Å². The van der Waals surface area contributed by atoms with Gasteiger partial charge in [-0.05, 0) is 36.3 Å². The molecule has 18 heavy (non-hydrogen) atoms. The Balaban J connectivity index is 2.16. The van der Waals surface area contributed by atoms with E-state index < -0.39 is 5.91 Å². The molecule has 0 radical (unpaired) electrons. The molecule has 1 amide bonds. The number of nitrogens with zero attached hydrogens (tertiary/aromatic N) is 1. The second kappa shape index (κ2) is 5.69. The van der Waals surface area contributed by atoms with Gasteiger partial charge in [-0.2, -0.15) is 0 Å². The predicted molar refractivity (Wildman–Crippen MR) is 72.4 cm³/mol. The number of aryl methyl sites for hydroxylation is 1. The maximum absolute atomic E-state index is 10.7. The maximum atomic E-state index is 10.7. The van der Waals surface area contributed by atoms with Crippen LogP contribution in [-0.2, 0) is 9.53 Å². The van der Waals surface area contributed by atoms with Crippen LogP contribution in [0.3, 0.4) is 0 Å². The number of morpholine rings is 1. The van der Waals surface area contributed by atoms with Crippen molar-refractivity contribution >= 4 is 17.7 Å². The molecular weight excluding hydrogens is 228 g/mol. The first-order valence-electron chi connectivity index (χ1n) is 6.07. The minimum Gasteiger partial charge on any atom is -0.378 e. The van der Waals surface area contributed by atoms with Crippen LogP contribution >= 0.6 is 0 Å². The van der Waals surface area contributed by atoms with Gasteiger partial charge in [0.25, 0.3) is 0 Å². The van der Waals surface area contributed by atoms with Crippen LogP contribution in [0.2, 0.25) is 0 Å². The minimum absolute atomic E-state index is 0.426. The van der Waals surface area contributed by atoms with Crippen LogP contribution in [0.15, 0.2) is 24.3 Å². The SMILES string of the molecule is Cc1cc(C=CC(N)=O)ccc1N1CCOCC1. The Morgan fingerprint density at radius 3 is 2.72 bits per heavy atom. The summed E-state index contributed by atoms with van der Waals surface area (Å²) in [6.07, 6.45) is 3.11. The number of hydrogen-bond donors (Lipinski definition) is 1. The van der Waals surface area contributed by atoms with Crippen molar-refractivity contribution in [3.8, 4) is 0 Å². The summed E-state index contributed by atoms with van der Waals surface area (Å²) in [5, 5.41) is 0. The molecule has 1 heterocycles. The number of carbonyl (C=O) groups is 1. The summed E-state index contributed by atoms with van der Waals surface area (Å²) >= 11 is 0. The highest BCUT2D eigenvalue weighted by molar-refractivity contribution is 5.90. The first kappa shape index (κ1) is 12.6. The highest BCUT2D eigenvalue weighted by Gasteiger charge is 2.12. The molecule has 96 valence electrons. The first-order chi connectivity index (χ1) is 8.66.